The third kappa shape index (κ3) is 5.15. The van der Waals surface area contributed by atoms with E-state index in [9.17, 15) is 30.6 Å². The Kier molecular flexibility index (Phi) is 5.91. The molecule has 2 N–H and O–H groups in total. The van der Waals surface area contributed by atoms with Gasteiger partial charge in [-0.1, -0.05) is 0 Å². The van der Waals surface area contributed by atoms with Gasteiger partial charge in [0.15, 0.2) is 0 Å². The van der Waals surface area contributed by atoms with Crippen LogP contribution in [0.4, 0.5) is 26.3 Å². The van der Waals surface area contributed by atoms with Gasteiger partial charge in [-0.3, -0.25) is 10.1 Å². The summed E-state index contributed by atoms with van der Waals surface area (Å²) >= 11 is 2.80. The van der Waals surface area contributed by atoms with Crippen molar-refractivity contribution in [1.82, 2.24) is 4.98 Å². The summed E-state index contributed by atoms with van der Waals surface area (Å²) in [6, 6.07) is 0.345. The number of alkyl halides is 6. The monoisotopic (exact) mass is 426 g/mol. The highest BCUT2D eigenvalue weighted by Gasteiger charge is 2.46. The van der Waals surface area contributed by atoms with Gasteiger partial charge in [-0.25, -0.2) is 4.21 Å². The van der Waals surface area contributed by atoms with E-state index in [0.717, 1.165) is 0 Å². The van der Waals surface area contributed by atoms with Crippen LogP contribution in [0.15, 0.2) is 16.7 Å². The molecule has 0 saturated heterocycles. The Hall–Kier alpha value is -0.680. The maximum atomic E-state index is 13.3. The molecule has 0 saturated carbocycles. The Morgan fingerprint density at radius 2 is 1.78 bits per heavy atom. The largest absolute Gasteiger partial charge is 0.433 e. The molecule has 0 aromatic carbocycles. The van der Waals surface area contributed by atoms with Crippen LogP contribution in [0.25, 0.3) is 0 Å². The van der Waals surface area contributed by atoms with Gasteiger partial charge in [0.2, 0.25) is 0 Å². The fourth-order valence-electron chi connectivity index (χ4n) is 1.85. The van der Waals surface area contributed by atoms with Crippen molar-refractivity contribution in [2.24, 2.45) is 5.14 Å². The quantitative estimate of drug-likeness (QED) is 0.729. The van der Waals surface area contributed by atoms with Crippen molar-refractivity contribution in [2.45, 2.75) is 43.3 Å². The Morgan fingerprint density at radius 1 is 1.26 bits per heavy atom. The molecule has 0 aliphatic heterocycles. The molecule has 1 rings (SSSR count). The molecule has 3 nitrogen and oxygen atoms in total. The lowest BCUT2D eigenvalue weighted by molar-refractivity contribution is -0.154. The van der Waals surface area contributed by atoms with E-state index in [1.165, 1.54) is 13.8 Å². The molecule has 132 valence electrons. The standard InChI is InChI=1S/C12H13BrF6N2OS/c1-10(2,23(20)22)4-7(11(14,15)16)6-3-9(12(17,18)19)21-5-8(6)13/h3,5,7H,4,20H2,1-2H3/t7-,23?/m0/s1. The highest BCUT2D eigenvalue weighted by molar-refractivity contribution is 9.10. The number of rotatable bonds is 4. The lowest BCUT2D eigenvalue weighted by Gasteiger charge is -2.30. The first-order chi connectivity index (χ1) is 10.2. The van der Waals surface area contributed by atoms with Gasteiger partial charge in [-0.2, -0.15) is 26.3 Å². The first-order valence-electron chi connectivity index (χ1n) is 6.12. The normalized spacial score (nSPS) is 16.3. The van der Waals surface area contributed by atoms with Gasteiger partial charge in [-0.15, -0.1) is 0 Å². The van der Waals surface area contributed by atoms with Crippen LogP contribution in [0.3, 0.4) is 0 Å². The molecule has 1 unspecified atom stereocenters. The molecule has 0 amide bonds. The maximum Gasteiger partial charge on any atom is 0.433 e. The van der Waals surface area contributed by atoms with Gasteiger partial charge in [0, 0.05) is 10.7 Å². The second-order valence-electron chi connectivity index (χ2n) is 5.44. The molecule has 11 heteroatoms. The highest BCUT2D eigenvalue weighted by Crippen LogP contribution is 2.44. The van der Waals surface area contributed by atoms with E-state index in [1.54, 1.807) is 0 Å². The summed E-state index contributed by atoms with van der Waals surface area (Å²) in [6.07, 6.45) is -9.79. The fourth-order valence-corrected chi connectivity index (χ4v) is 2.68. The Balaban J connectivity index is 3.42. The zero-order valence-electron chi connectivity index (χ0n) is 11.9. The average Bonchev–Trinajstić information content (AvgIpc) is 2.34. The summed E-state index contributed by atoms with van der Waals surface area (Å²) in [5.41, 5.74) is -2.06. The molecule has 1 aromatic rings. The minimum atomic E-state index is -4.88. The van der Waals surface area contributed by atoms with Crippen molar-refractivity contribution in [3.63, 3.8) is 0 Å². The predicted octanol–water partition coefficient (Wildman–Crippen LogP) is 4.30. The van der Waals surface area contributed by atoms with Gasteiger partial charge in [0.05, 0.1) is 21.7 Å². The van der Waals surface area contributed by atoms with Gasteiger partial charge >= 0.3 is 12.4 Å². The van der Waals surface area contributed by atoms with Crippen molar-refractivity contribution in [2.75, 3.05) is 0 Å². The molecule has 0 fully saturated rings. The van der Waals surface area contributed by atoms with Crippen molar-refractivity contribution in [3.8, 4) is 0 Å². The molecule has 0 aliphatic rings. The number of aromatic nitrogens is 1. The van der Waals surface area contributed by atoms with E-state index in [4.69, 9.17) is 5.14 Å². The number of hydrogen-bond acceptors (Lipinski definition) is 2. The minimum absolute atomic E-state index is 0.216. The van der Waals surface area contributed by atoms with Gasteiger partial charge in [-0.05, 0) is 47.8 Å². The second kappa shape index (κ2) is 6.67. The van der Waals surface area contributed by atoms with E-state index in [2.05, 4.69) is 20.9 Å². The number of nitrogens with zero attached hydrogens (tertiary/aromatic N) is 1. The lowest BCUT2D eigenvalue weighted by Crippen LogP contribution is -2.37. The topological polar surface area (TPSA) is 56.0 Å². The summed E-state index contributed by atoms with van der Waals surface area (Å²) in [7, 11) is -2.09. The minimum Gasteiger partial charge on any atom is -0.251 e. The van der Waals surface area contributed by atoms with Crippen LogP contribution in [0.1, 0.15) is 37.4 Å². The number of hydrogen-bond donors (Lipinski definition) is 1. The van der Waals surface area contributed by atoms with Crippen molar-refractivity contribution < 1.29 is 30.6 Å². The van der Waals surface area contributed by atoms with Gasteiger partial charge in [0.1, 0.15) is 5.69 Å². The number of halogens is 7. The van der Waals surface area contributed by atoms with Crippen LogP contribution < -0.4 is 5.14 Å². The molecule has 0 aliphatic carbocycles. The third-order valence-electron chi connectivity index (χ3n) is 3.19. The van der Waals surface area contributed by atoms with E-state index in [-0.39, 0.29) is 4.47 Å². The van der Waals surface area contributed by atoms with Gasteiger partial charge < -0.3 is 0 Å². The average molecular weight is 427 g/mol. The SMILES string of the molecule is CC(C)(C[C@@H](c1cc(C(F)(F)F)ncc1Br)C(F)(F)F)S(N)=O. The van der Waals surface area contributed by atoms with Gasteiger partial charge in [0.25, 0.3) is 0 Å². The zero-order valence-corrected chi connectivity index (χ0v) is 14.3. The van der Waals surface area contributed by atoms with Crippen molar-refractivity contribution in [3.05, 3.63) is 28.0 Å². The van der Waals surface area contributed by atoms with Crippen LogP contribution >= 0.6 is 15.9 Å². The van der Waals surface area contributed by atoms with Crippen LogP contribution in [0.2, 0.25) is 0 Å². The Labute approximate surface area is 139 Å². The van der Waals surface area contributed by atoms with Crippen LogP contribution in [0, 0.1) is 0 Å². The van der Waals surface area contributed by atoms with Crippen LogP contribution in [-0.2, 0) is 17.2 Å². The molecule has 0 radical (unpaired) electrons. The molecule has 0 spiro atoms. The molecule has 1 heterocycles. The summed E-state index contributed by atoms with van der Waals surface area (Å²) in [4.78, 5) is 3.08. The maximum absolute atomic E-state index is 13.3. The van der Waals surface area contributed by atoms with Crippen molar-refractivity contribution in [1.29, 1.82) is 0 Å². The molecular weight excluding hydrogens is 414 g/mol. The molecule has 1 aromatic heterocycles. The fraction of sp³-hybridized carbons (Fsp3) is 0.583. The molecular formula is C12H13BrF6N2OS. The highest BCUT2D eigenvalue weighted by atomic mass is 79.9. The summed E-state index contributed by atoms with van der Waals surface area (Å²) in [5, 5.41) is 5.18. The smallest absolute Gasteiger partial charge is 0.251 e. The van der Waals surface area contributed by atoms with E-state index in [1.807, 2.05) is 0 Å². The van der Waals surface area contributed by atoms with E-state index in [0.29, 0.717) is 12.3 Å². The number of nitrogens with two attached hydrogens (primary N) is 1. The van der Waals surface area contributed by atoms with E-state index < -0.39 is 51.7 Å². The summed E-state index contributed by atoms with van der Waals surface area (Å²) in [5.74, 6) is -2.27. The first kappa shape index (κ1) is 20.4. The van der Waals surface area contributed by atoms with E-state index >= 15 is 0 Å². The van der Waals surface area contributed by atoms with Crippen molar-refractivity contribution >= 4 is 26.9 Å². The molecule has 23 heavy (non-hydrogen) atoms. The molecule has 0 bridgehead atoms. The summed E-state index contributed by atoms with van der Waals surface area (Å²) < 4.78 is 87.9. The van der Waals surface area contributed by atoms with Crippen LogP contribution in [0.5, 0.6) is 0 Å². The molecule has 2 atom stereocenters. The lowest BCUT2D eigenvalue weighted by atomic mass is 9.89. The number of pyridine rings is 1. The third-order valence-corrected chi connectivity index (χ3v) is 5.10. The first-order valence-corrected chi connectivity index (χ1v) is 8.12. The van der Waals surface area contributed by atoms with Crippen LogP contribution in [-0.4, -0.2) is 20.1 Å². The zero-order chi connectivity index (χ0) is 18.2. The predicted molar refractivity (Wildman–Crippen MR) is 76.8 cm³/mol. The Bertz CT molecular complexity index is 602. The Morgan fingerprint density at radius 3 is 2.17 bits per heavy atom. The second-order valence-corrected chi connectivity index (χ2v) is 8.00. The summed E-state index contributed by atoms with van der Waals surface area (Å²) in [6.45, 7) is 2.50.